The molecule has 0 aliphatic heterocycles. The van der Waals surface area contributed by atoms with Gasteiger partial charge in [0.05, 0.1) is 0 Å². The van der Waals surface area contributed by atoms with Gasteiger partial charge in [0, 0.05) is 21.2 Å². The van der Waals surface area contributed by atoms with E-state index >= 15 is 0 Å². The fraction of sp³-hybridized carbons (Fsp3) is 0.200. The Hall–Kier alpha value is -1.10. The van der Waals surface area contributed by atoms with Crippen LogP contribution in [0.3, 0.4) is 0 Å². The minimum Gasteiger partial charge on any atom is -0.298 e. The van der Waals surface area contributed by atoms with Crippen molar-refractivity contribution < 1.29 is 18.4 Å². The number of halogens is 3. The van der Waals surface area contributed by atoms with Gasteiger partial charge in [-0.1, -0.05) is 15.9 Å². The molecule has 0 heterocycles. The van der Waals surface area contributed by atoms with Crippen molar-refractivity contribution in [3.05, 3.63) is 33.3 Å². The first kappa shape index (κ1) is 12.0. The summed E-state index contributed by atoms with van der Waals surface area (Å²) in [5.41, 5.74) is -0.167. The lowest BCUT2D eigenvalue weighted by Crippen LogP contribution is -2.02. The molecule has 5 heteroatoms. The van der Waals surface area contributed by atoms with E-state index in [1.807, 2.05) is 0 Å². The van der Waals surface area contributed by atoms with E-state index in [0.717, 1.165) is 12.1 Å². The third kappa shape index (κ3) is 2.47. The molecule has 15 heavy (non-hydrogen) atoms. The van der Waals surface area contributed by atoms with E-state index in [2.05, 4.69) is 15.9 Å². The van der Waals surface area contributed by atoms with Crippen LogP contribution in [0.15, 0.2) is 16.6 Å². The summed E-state index contributed by atoms with van der Waals surface area (Å²) >= 11 is 2.98. The van der Waals surface area contributed by atoms with Crippen LogP contribution < -0.4 is 0 Å². The number of aldehydes is 1. The van der Waals surface area contributed by atoms with E-state index in [-0.39, 0.29) is 21.2 Å². The average Bonchev–Trinajstić information content (AvgIpc) is 2.16. The summed E-state index contributed by atoms with van der Waals surface area (Å²) in [4.78, 5) is 21.8. The number of benzene rings is 1. The molecule has 0 saturated carbocycles. The van der Waals surface area contributed by atoms with Crippen LogP contribution in [0.1, 0.15) is 39.6 Å². The molecule has 0 N–H and O–H groups in total. The highest BCUT2D eigenvalue weighted by molar-refractivity contribution is 9.10. The van der Waals surface area contributed by atoms with E-state index in [4.69, 9.17) is 0 Å². The summed E-state index contributed by atoms with van der Waals surface area (Å²) in [6.07, 6.45) is -2.20. The van der Waals surface area contributed by atoms with Crippen molar-refractivity contribution in [1.82, 2.24) is 0 Å². The van der Waals surface area contributed by atoms with Crippen molar-refractivity contribution in [2.24, 2.45) is 0 Å². The third-order valence-corrected chi connectivity index (χ3v) is 2.56. The summed E-state index contributed by atoms with van der Waals surface area (Å²) in [5.74, 6) is -0.416. The highest BCUT2D eigenvalue weighted by Gasteiger charge is 2.16. The van der Waals surface area contributed by atoms with E-state index in [0.29, 0.717) is 6.29 Å². The first-order valence-electron chi connectivity index (χ1n) is 4.05. The Kier molecular flexibility index (Phi) is 3.68. The van der Waals surface area contributed by atoms with Gasteiger partial charge in [-0.2, -0.15) is 0 Å². The Morgan fingerprint density at radius 1 is 1.47 bits per heavy atom. The number of hydrogen-bond acceptors (Lipinski definition) is 2. The largest absolute Gasteiger partial charge is 0.298 e. The zero-order valence-corrected chi connectivity index (χ0v) is 9.35. The van der Waals surface area contributed by atoms with Crippen LogP contribution in [0.2, 0.25) is 0 Å². The average molecular weight is 277 g/mol. The first-order valence-corrected chi connectivity index (χ1v) is 4.84. The van der Waals surface area contributed by atoms with Gasteiger partial charge in [0.25, 0.3) is 6.43 Å². The number of hydrogen-bond donors (Lipinski definition) is 0. The van der Waals surface area contributed by atoms with Crippen molar-refractivity contribution in [1.29, 1.82) is 0 Å². The molecule has 1 rings (SSSR count). The quantitative estimate of drug-likeness (QED) is 0.626. The molecular formula is C10H7BrF2O2. The van der Waals surface area contributed by atoms with Crippen LogP contribution in [0.5, 0.6) is 0 Å². The molecule has 0 atom stereocenters. The Bertz CT molecular complexity index is 416. The predicted octanol–water partition coefficient (Wildman–Crippen LogP) is 3.40. The molecule has 0 aliphatic rings. The molecule has 0 aliphatic carbocycles. The molecule has 0 spiro atoms. The van der Waals surface area contributed by atoms with Gasteiger partial charge in [0.2, 0.25) is 0 Å². The van der Waals surface area contributed by atoms with Gasteiger partial charge in [-0.3, -0.25) is 9.59 Å². The second kappa shape index (κ2) is 4.61. The Morgan fingerprint density at radius 2 is 2.07 bits per heavy atom. The maximum absolute atomic E-state index is 12.4. The van der Waals surface area contributed by atoms with E-state index in [1.165, 1.54) is 6.92 Å². The molecule has 80 valence electrons. The number of Topliss-reactive ketones (excluding diaryl/α,β-unsaturated/α-hetero) is 1. The fourth-order valence-electron chi connectivity index (χ4n) is 1.18. The zero-order valence-electron chi connectivity index (χ0n) is 7.76. The van der Waals surface area contributed by atoms with Crippen molar-refractivity contribution in [3.63, 3.8) is 0 Å². The highest BCUT2D eigenvalue weighted by Crippen LogP contribution is 2.27. The summed E-state index contributed by atoms with van der Waals surface area (Å²) < 4.78 is 25.0. The smallest absolute Gasteiger partial charge is 0.263 e. The normalized spacial score (nSPS) is 10.5. The molecule has 2 nitrogen and oxygen atoms in total. The number of carbonyl (C=O) groups excluding carboxylic acids is 2. The van der Waals surface area contributed by atoms with Gasteiger partial charge >= 0.3 is 0 Å². The van der Waals surface area contributed by atoms with Crippen LogP contribution in [0, 0.1) is 0 Å². The van der Waals surface area contributed by atoms with Crippen LogP contribution in [0.4, 0.5) is 8.78 Å². The Labute approximate surface area is 93.4 Å². The third-order valence-electron chi connectivity index (χ3n) is 1.90. The van der Waals surface area contributed by atoms with Gasteiger partial charge in [-0.05, 0) is 19.1 Å². The second-order valence-electron chi connectivity index (χ2n) is 2.94. The van der Waals surface area contributed by atoms with Gasteiger partial charge in [0.15, 0.2) is 12.1 Å². The van der Waals surface area contributed by atoms with E-state index < -0.39 is 12.2 Å². The predicted molar refractivity (Wildman–Crippen MR) is 54.5 cm³/mol. The van der Waals surface area contributed by atoms with Crippen LogP contribution in [0.25, 0.3) is 0 Å². The lowest BCUT2D eigenvalue weighted by Gasteiger charge is -2.07. The summed E-state index contributed by atoms with van der Waals surface area (Å²) in [6.45, 7) is 1.23. The standard InChI is InChI=1S/C10H7BrF2O2/c1-5(15)7-2-6(10(12)13)3-9(11)8(7)4-14/h2-4,10H,1H3. The van der Waals surface area contributed by atoms with Crippen molar-refractivity contribution >= 4 is 28.0 Å². The molecule has 1 aromatic carbocycles. The van der Waals surface area contributed by atoms with Crippen LogP contribution in [-0.4, -0.2) is 12.1 Å². The highest BCUT2D eigenvalue weighted by atomic mass is 79.9. The maximum Gasteiger partial charge on any atom is 0.263 e. The monoisotopic (exact) mass is 276 g/mol. The van der Waals surface area contributed by atoms with E-state index in [9.17, 15) is 18.4 Å². The molecule has 1 aromatic rings. The molecular weight excluding hydrogens is 270 g/mol. The van der Waals surface area contributed by atoms with Gasteiger partial charge < -0.3 is 0 Å². The molecule has 0 fully saturated rings. The second-order valence-corrected chi connectivity index (χ2v) is 3.79. The molecule has 0 unspecified atom stereocenters. The molecule has 0 bridgehead atoms. The molecule has 0 radical (unpaired) electrons. The Balaban J connectivity index is 3.45. The molecule has 0 saturated heterocycles. The zero-order chi connectivity index (χ0) is 11.6. The SMILES string of the molecule is CC(=O)c1cc(C(F)F)cc(Br)c1C=O. The summed E-state index contributed by atoms with van der Waals surface area (Å²) in [5, 5.41) is 0. The number of carbonyl (C=O) groups is 2. The van der Waals surface area contributed by atoms with Crippen LogP contribution in [-0.2, 0) is 0 Å². The minimum atomic E-state index is -2.67. The maximum atomic E-state index is 12.4. The minimum absolute atomic E-state index is 0.00896. The fourth-order valence-corrected chi connectivity index (χ4v) is 1.75. The summed E-state index contributed by atoms with van der Waals surface area (Å²) in [7, 11) is 0. The lowest BCUT2D eigenvalue weighted by atomic mass is 10.0. The molecule has 0 amide bonds. The van der Waals surface area contributed by atoms with Crippen molar-refractivity contribution in [3.8, 4) is 0 Å². The van der Waals surface area contributed by atoms with Crippen LogP contribution >= 0.6 is 15.9 Å². The van der Waals surface area contributed by atoms with Gasteiger partial charge in [0.1, 0.15) is 0 Å². The van der Waals surface area contributed by atoms with Crippen molar-refractivity contribution in [2.75, 3.05) is 0 Å². The topological polar surface area (TPSA) is 34.1 Å². The Morgan fingerprint density at radius 3 is 2.47 bits per heavy atom. The summed E-state index contributed by atoms with van der Waals surface area (Å²) in [6, 6.07) is 2.18. The molecule has 0 aromatic heterocycles. The van der Waals surface area contributed by atoms with Crippen molar-refractivity contribution in [2.45, 2.75) is 13.3 Å². The number of alkyl halides is 2. The van der Waals surface area contributed by atoms with E-state index in [1.54, 1.807) is 0 Å². The van der Waals surface area contributed by atoms with Gasteiger partial charge in [-0.25, -0.2) is 8.78 Å². The lowest BCUT2D eigenvalue weighted by molar-refractivity contribution is 0.100. The number of rotatable bonds is 3. The first-order chi connectivity index (χ1) is 6.97. The van der Waals surface area contributed by atoms with Gasteiger partial charge in [-0.15, -0.1) is 0 Å². The number of ketones is 1.